The summed E-state index contributed by atoms with van der Waals surface area (Å²) in [7, 11) is 0. The number of benzene rings is 2. The molecule has 3 heteroatoms. The smallest absolute Gasteiger partial charge is 0.126 e. The Hall–Kier alpha value is -1.84. The standard InChI is InChI=1S/C15H16N2O/c16-17-13-10-15(11-6-2-1-3-7-11)18-14-9-5-4-8-12(13)14/h1-9,13,15,17H,10,16H2/t13-,15+/m0/s1. The van der Waals surface area contributed by atoms with Crippen LogP contribution < -0.4 is 16.0 Å². The van der Waals surface area contributed by atoms with Gasteiger partial charge in [-0.1, -0.05) is 48.5 Å². The maximum atomic E-state index is 6.05. The summed E-state index contributed by atoms with van der Waals surface area (Å²) in [6.45, 7) is 0. The highest BCUT2D eigenvalue weighted by molar-refractivity contribution is 5.39. The van der Waals surface area contributed by atoms with Crippen LogP contribution >= 0.6 is 0 Å². The second kappa shape index (κ2) is 4.80. The van der Waals surface area contributed by atoms with Crippen molar-refractivity contribution in [3.63, 3.8) is 0 Å². The van der Waals surface area contributed by atoms with Gasteiger partial charge in [-0.15, -0.1) is 0 Å². The number of hydrazine groups is 1. The molecule has 1 aliphatic rings. The Kier molecular flexibility index (Phi) is 3.00. The van der Waals surface area contributed by atoms with E-state index < -0.39 is 0 Å². The first-order chi connectivity index (χ1) is 8.88. The van der Waals surface area contributed by atoms with Crippen molar-refractivity contribution in [2.45, 2.75) is 18.6 Å². The summed E-state index contributed by atoms with van der Waals surface area (Å²) in [5.41, 5.74) is 5.20. The van der Waals surface area contributed by atoms with Gasteiger partial charge >= 0.3 is 0 Å². The Bertz CT molecular complexity index is 527. The van der Waals surface area contributed by atoms with Gasteiger partial charge in [-0.3, -0.25) is 11.3 Å². The van der Waals surface area contributed by atoms with Crippen molar-refractivity contribution in [1.82, 2.24) is 5.43 Å². The van der Waals surface area contributed by atoms with Crippen LogP contribution in [-0.2, 0) is 0 Å². The minimum atomic E-state index is 0.0575. The van der Waals surface area contributed by atoms with E-state index in [1.54, 1.807) is 0 Å². The molecule has 0 aliphatic carbocycles. The van der Waals surface area contributed by atoms with Gasteiger partial charge in [-0.2, -0.15) is 0 Å². The Morgan fingerprint density at radius 1 is 1.00 bits per heavy atom. The van der Waals surface area contributed by atoms with Crippen LogP contribution in [0.5, 0.6) is 5.75 Å². The normalized spacial score (nSPS) is 22.1. The zero-order valence-electron chi connectivity index (χ0n) is 10.0. The van der Waals surface area contributed by atoms with Gasteiger partial charge < -0.3 is 4.74 Å². The van der Waals surface area contributed by atoms with Gasteiger partial charge in [0.25, 0.3) is 0 Å². The van der Waals surface area contributed by atoms with Crippen molar-refractivity contribution in [3.05, 3.63) is 65.7 Å². The number of para-hydroxylation sites is 1. The minimum Gasteiger partial charge on any atom is -0.485 e. The van der Waals surface area contributed by atoms with Crippen LogP contribution in [0.2, 0.25) is 0 Å². The lowest BCUT2D eigenvalue weighted by Gasteiger charge is -2.32. The van der Waals surface area contributed by atoms with Crippen molar-refractivity contribution < 1.29 is 4.74 Å². The number of hydrogen-bond donors (Lipinski definition) is 2. The molecule has 0 bridgehead atoms. The highest BCUT2D eigenvalue weighted by Crippen LogP contribution is 2.39. The van der Waals surface area contributed by atoms with Crippen LogP contribution in [0, 0.1) is 0 Å². The van der Waals surface area contributed by atoms with Gasteiger partial charge in [0.2, 0.25) is 0 Å². The van der Waals surface area contributed by atoms with E-state index in [0.717, 1.165) is 17.7 Å². The van der Waals surface area contributed by atoms with Gasteiger partial charge in [-0.05, 0) is 11.6 Å². The molecule has 0 unspecified atom stereocenters. The molecular weight excluding hydrogens is 224 g/mol. The Morgan fingerprint density at radius 2 is 1.72 bits per heavy atom. The number of nitrogens with one attached hydrogen (secondary N) is 1. The van der Waals surface area contributed by atoms with Crippen molar-refractivity contribution in [2.24, 2.45) is 5.84 Å². The second-order valence-corrected chi connectivity index (χ2v) is 4.51. The number of nitrogens with two attached hydrogens (primary N) is 1. The molecule has 1 heterocycles. The van der Waals surface area contributed by atoms with Crippen molar-refractivity contribution in [3.8, 4) is 5.75 Å². The van der Waals surface area contributed by atoms with Crippen molar-refractivity contribution >= 4 is 0 Å². The fourth-order valence-electron chi connectivity index (χ4n) is 2.45. The second-order valence-electron chi connectivity index (χ2n) is 4.51. The molecule has 92 valence electrons. The molecule has 0 saturated heterocycles. The molecular formula is C15H16N2O. The van der Waals surface area contributed by atoms with E-state index in [1.165, 1.54) is 5.56 Å². The maximum absolute atomic E-state index is 6.05. The number of ether oxygens (including phenoxy) is 1. The quantitative estimate of drug-likeness (QED) is 0.626. The van der Waals surface area contributed by atoms with Crippen molar-refractivity contribution in [2.75, 3.05) is 0 Å². The monoisotopic (exact) mass is 240 g/mol. The van der Waals surface area contributed by atoms with Gasteiger partial charge in [-0.25, -0.2) is 0 Å². The van der Waals surface area contributed by atoms with E-state index >= 15 is 0 Å². The van der Waals surface area contributed by atoms with Crippen LogP contribution in [0.25, 0.3) is 0 Å². The number of fused-ring (bicyclic) bond motifs is 1. The number of hydrogen-bond acceptors (Lipinski definition) is 3. The molecule has 2 atom stereocenters. The molecule has 1 aliphatic heterocycles. The summed E-state index contributed by atoms with van der Waals surface area (Å²) in [5.74, 6) is 6.57. The molecule has 0 spiro atoms. The average Bonchev–Trinajstić information content (AvgIpc) is 2.47. The Balaban J connectivity index is 1.95. The van der Waals surface area contributed by atoms with Crippen LogP contribution in [0.1, 0.15) is 29.7 Å². The lowest BCUT2D eigenvalue weighted by molar-refractivity contribution is 0.151. The SMILES string of the molecule is NN[C@H]1C[C@H](c2ccccc2)Oc2ccccc21. The topological polar surface area (TPSA) is 47.3 Å². The summed E-state index contributed by atoms with van der Waals surface area (Å²) in [6, 6.07) is 18.4. The summed E-state index contributed by atoms with van der Waals surface area (Å²) in [4.78, 5) is 0. The lowest BCUT2D eigenvalue weighted by atomic mass is 9.93. The molecule has 0 saturated carbocycles. The first kappa shape index (κ1) is 11.3. The third-order valence-electron chi connectivity index (χ3n) is 3.39. The van der Waals surface area contributed by atoms with Gasteiger partial charge in [0.05, 0.1) is 6.04 Å². The highest BCUT2D eigenvalue weighted by Gasteiger charge is 2.28. The number of rotatable bonds is 2. The summed E-state index contributed by atoms with van der Waals surface area (Å²) in [5, 5.41) is 0. The third-order valence-corrected chi connectivity index (χ3v) is 3.39. The Morgan fingerprint density at radius 3 is 2.50 bits per heavy atom. The van der Waals surface area contributed by atoms with Gasteiger partial charge in [0, 0.05) is 12.0 Å². The summed E-state index contributed by atoms with van der Waals surface area (Å²) < 4.78 is 6.05. The minimum absolute atomic E-state index is 0.0575. The fourth-order valence-corrected chi connectivity index (χ4v) is 2.45. The van der Waals surface area contributed by atoms with E-state index in [-0.39, 0.29) is 12.1 Å². The van der Waals surface area contributed by atoms with Crippen LogP contribution in [0.4, 0.5) is 0 Å². The summed E-state index contributed by atoms with van der Waals surface area (Å²) >= 11 is 0. The van der Waals surface area contributed by atoms with E-state index in [0.29, 0.717) is 0 Å². The molecule has 0 amide bonds. The molecule has 2 aromatic rings. The van der Waals surface area contributed by atoms with E-state index in [9.17, 15) is 0 Å². The Labute approximate surface area is 107 Å². The zero-order valence-corrected chi connectivity index (χ0v) is 10.0. The molecule has 18 heavy (non-hydrogen) atoms. The van der Waals surface area contributed by atoms with Crippen molar-refractivity contribution in [1.29, 1.82) is 0 Å². The predicted octanol–water partition coefficient (Wildman–Crippen LogP) is 2.71. The largest absolute Gasteiger partial charge is 0.485 e. The molecule has 3 rings (SSSR count). The fraction of sp³-hybridized carbons (Fsp3) is 0.200. The highest BCUT2D eigenvalue weighted by atomic mass is 16.5. The van der Waals surface area contributed by atoms with E-state index in [4.69, 9.17) is 10.6 Å². The molecule has 0 radical (unpaired) electrons. The van der Waals surface area contributed by atoms with E-state index in [2.05, 4.69) is 23.6 Å². The molecule has 3 N–H and O–H groups in total. The van der Waals surface area contributed by atoms with Crippen LogP contribution in [0.15, 0.2) is 54.6 Å². The zero-order chi connectivity index (χ0) is 12.4. The molecule has 0 fully saturated rings. The van der Waals surface area contributed by atoms with Crippen LogP contribution in [-0.4, -0.2) is 0 Å². The third kappa shape index (κ3) is 1.98. The van der Waals surface area contributed by atoms with Gasteiger partial charge in [0.15, 0.2) is 0 Å². The first-order valence-corrected chi connectivity index (χ1v) is 6.15. The summed E-state index contributed by atoms with van der Waals surface area (Å²) in [6.07, 6.45) is 0.902. The van der Waals surface area contributed by atoms with E-state index in [1.807, 2.05) is 36.4 Å². The average molecular weight is 240 g/mol. The maximum Gasteiger partial charge on any atom is 0.126 e. The first-order valence-electron chi connectivity index (χ1n) is 6.15. The molecule has 3 nitrogen and oxygen atoms in total. The van der Waals surface area contributed by atoms with Crippen LogP contribution in [0.3, 0.4) is 0 Å². The van der Waals surface area contributed by atoms with Gasteiger partial charge in [0.1, 0.15) is 11.9 Å². The molecule has 0 aromatic heterocycles. The predicted molar refractivity (Wildman–Crippen MR) is 70.9 cm³/mol. The molecule has 2 aromatic carbocycles. The lowest BCUT2D eigenvalue weighted by Crippen LogP contribution is -2.33.